The van der Waals surface area contributed by atoms with Gasteiger partial charge in [0.05, 0.1) is 12.5 Å². The number of methoxy groups -OCH3 is 1. The van der Waals surface area contributed by atoms with Crippen LogP contribution in [-0.2, 0) is 4.74 Å². The van der Waals surface area contributed by atoms with Crippen LogP contribution in [0.25, 0.3) is 10.2 Å². The second-order valence-electron chi connectivity index (χ2n) is 3.07. The van der Waals surface area contributed by atoms with Crippen molar-refractivity contribution in [3.8, 4) is 5.75 Å². The molecule has 1 N–H and O–H groups in total. The standard InChI is InChI=1S/C9H6F3NO3S/c1-15-8(14)5-2-4-6(16-9(10,11)12)3-17-7(4)13-5/h2-3,13H,1H3. The van der Waals surface area contributed by atoms with Gasteiger partial charge in [0.2, 0.25) is 0 Å². The third-order valence-electron chi connectivity index (χ3n) is 1.96. The number of alkyl halides is 3. The third kappa shape index (κ3) is 2.36. The molecule has 92 valence electrons. The first-order valence-corrected chi connectivity index (χ1v) is 5.23. The fourth-order valence-electron chi connectivity index (χ4n) is 1.31. The van der Waals surface area contributed by atoms with Crippen LogP contribution in [0.15, 0.2) is 11.4 Å². The molecule has 2 aromatic rings. The van der Waals surface area contributed by atoms with Crippen LogP contribution in [0, 0.1) is 0 Å². The first-order valence-electron chi connectivity index (χ1n) is 4.35. The number of carbonyl (C=O) groups is 1. The summed E-state index contributed by atoms with van der Waals surface area (Å²) in [6.45, 7) is 0. The highest BCUT2D eigenvalue weighted by atomic mass is 32.1. The summed E-state index contributed by atoms with van der Waals surface area (Å²) in [7, 11) is 1.18. The van der Waals surface area contributed by atoms with Gasteiger partial charge in [0.25, 0.3) is 0 Å². The Bertz CT molecular complexity index is 557. The van der Waals surface area contributed by atoms with E-state index in [1.54, 1.807) is 0 Å². The number of carbonyl (C=O) groups excluding carboxylic acids is 1. The van der Waals surface area contributed by atoms with Gasteiger partial charge >= 0.3 is 12.3 Å². The Labute approximate surface area is 96.9 Å². The normalized spacial score (nSPS) is 11.8. The zero-order chi connectivity index (χ0) is 12.6. The average Bonchev–Trinajstić information content (AvgIpc) is 2.77. The lowest BCUT2D eigenvalue weighted by atomic mass is 10.3. The van der Waals surface area contributed by atoms with Crippen LogP contribution in [-0.4, -0.2) is 24.4 Å². The van der Waals surface area contributed by atoms with Gasteiger partial charge in [-0.2, -0.15) is 0 Å². The molecule has 4 nitrogen and oxygen atoms in total. The summed E-state index contributed by atoms with van der Waals surface area (Å²) in [5.74, 6) is -0.977. The number of hydrogen-bond donors (Lipinski definition) is 1. The number of halogens is 3. The van der Waals surface area contributed by atoms with E-state index in [1.807, 2.05) is 0 Å². The highest BCUT2D eigenvalue weighted by molar-refractivity contribution is 7.17. The number of nitrogens with one attached hydrogen (secondary N) is 1. The molecular formula is C9H6F3NO3S. The van der Waals surface area contributed by atoms with Crippen molar-refractivity contribution in [1.29, 1.82) is 0 Å². The van der Waals surface area contributed by atoms with Gasteiger partial charge < -0.3 is 14.5 Å². The molecular weight excluding hydrogens is 259 g/mol. The van der Waals surface area contributed by atoms with E-state index in [-0.39, 0.29) is 16.8 Å². The molecule has 0 saturated heterocycles. The summed E-state index contributed by atoms with van der Waals surface area (Å²) in [5.41, 5.74) is 0.0846. The molecule has 2 aromatic heterocycles. The van der Waals surface area contributed by atoms with E-state index in [4.69, 9.17) is 0 Å². The zero-order valence-electron chi connectivity index (χ0n) is 8.42. The summed E-state index contributed by atoms with van der Waals surface area (Å²) >= 11 is 1.02. The average molecular weight is 265 g/mol. The Hall–Kier alpha value is -1.70. The molecule has 2 rings (SSSR count). The first kappa shape index (κ1) is 11.8. The molecule has 17 heavy (non-hydrogen) atoms. The molecule has 2 heterocycles. The number of aromatic amines is 1. The van der Waals surface area contributed by atoms with E-state index in [0.717, 1.165) is 11.3 Å². The van der Waals surface area contributed by atoms with Crippen molar-refractivity contribution in [3.05, 3.63) is 17.1 Å². The first-order chi connectivity index (χ1) is 7.90. The number of aromatic nitrogens is 1. The third-order valence-corrected chi connectivity index (χ3v) is 2.85. The largest absolute Gasteiger partial charge is 0.573 e. The van der Waals surface area contributed by atoms with Crippen LogP contribution in [0.4, 0.5) is 13.2 Å². The Kier molecular flexibility index (Phi) is 2.74. The van der Waals surface area contributed by atoms with E-state index in [0.29, 0.717) is 4.83 Å². The van der Waals surface area contributed by atoms with Gasteiger partial charge in [0.15, 0.2) is 0 Å². The number of thiophene rings is 1. The van der Waals surface area contributed by atoms with Crippen LogP contribution in [0.1, 0.15) is 10.5 Å². The Morgan fingerprint density at radius 3 is 2.76 bits per heavy atom. The molecule has 0 spiro atoms. The topological polar surface area (TPSA) is 51.3 Å². The van der Waals surface area contributed by atoms with E-state index >= 15 is 0 Å². The molecule has 8 heteroatoms. The molecule has 0 radical (unpaired) electrons. The number of ether oxygens (including phenoxy) is 2. The minimum atomic E-state index is -4.75. The second kappa shape index (κ2) is 3.95. The maximum absolute atomic E-state index is 12.1. The Balaban J connectivity index is 2.39. The minimum Gasteiger partial charge on any atom is -0.464 e. The summed E-state index contributed by atoms with van der Waals surface area (Å²) in [4.78, 5) is 14.2. The molecule has 0 amide bonds. The van der Waals surface area contributed by atoms with Gasteiger partial charge in [-0.15, -0.1) is 24.5 Å². The van der Waals surface area contributed by atoms with Crippen LogP contribution < -0.4 is 4.74 Å². The predicted molar refractivity (Wildman–Crippen MR) is 54.2 cm³/mol. The molecule has 0 bridgehead atoms. The number of hydrogen-bond acceptors (Lipinski definition) is 4. The van der Waals surface area contributed by atoms with Gasteiger partial charge in [0, 0.05) is 5.38 Å². The highest BCUT2D eigenvalue weighted by Crippen LogP contribution is 2.35. The number of fused-ring (bicyclic) bond motifs is 1. The van der Waals surface area contributed by atoms with Crippen molar-refractivity contribution in [1.82, 2.24) is 4.98 Å². The minimum absolute atomic E-state index is 0.0846. The summed E-state index contributed by atoms with van der Waals surface area (Å²) in [6, 6.07) is 1.26. The summed E-state index contributed by atoms with van der Waals surface area (Å²) in [6.07, 6.45) is -4.75. The lowest BCUT2D eigenvalue weighted by molar-refractivity contribution is -0.274. The smallest absolute Gasteiger partial charge is 0.464 e. The Morgan fingerprint density at radius 1 is 1.47 bits per heavy atom. The lowest BCUT2D eigenvalue weighted by Crippen LogP contribution is -2.16. The number of rotatable bonds is 2. The molecule has 0 fully saturated rings. The van der Waals surface area contributed by atoms with E-state index in [2.05, 4.69) is 14.5 Å². The Morgan fingerprint density at radius 2 is 2.18 bits per heavy atom. The lowest BCUT2D eigenvalue weighted by Gasteiger charge is -2.06. The molecule has 0 aliphatic heterocycles. The highest BCUT2D eigenvalue weighted by Gasteiger charge is 2.32. The SMILES string of the molecule is COC(=O)c1cc2c(OC(F)(F)F)csc2[nH]1. The summed E-state index contributed by atoms with van der Waals surface area (Å²) in [5, 5.41) is 1.42. The van der Waals surface area contributed by atoms with Crippen LogP contribution in [0.2, 0.25) is 0 Å². The van der Waals surface area contributed by atoms with Gasteiger partial charge in [-0.25, -0.2) is 4.79 Å². The maximum Gasteiger partial charge on any atom is 0.573 e. The molecule has 0 aromatic carbocycles. The second-order valence-corrected chi connectivity index (χ2v) is 3.94. The maximum atomic E-state index is 12.1. The predicted octanol–water partition coefficient (Wildman–Crippen LogP) is 2.91. The van der Waals surface area contributed by atoms with Gasteiger partial charge in [0.1, 0.15) is 16.3 Å². The van der Waals surface area contributed by atoms with Crippen molar-refractivity contribution >= 4 is 27.5 Å². The molecule has 0 unspecified atom stereocenters. The van der Waals surface area contributed by atoms with Crippen molar-refractivity contribution in [3.63, 3.8) is 0 Å². The van der Waals surface area contributed by atoms with E-state index in [9.17, 15) is 18.0 Å². The van der Waals surface area contributed by atoms with Crippen molar-refractivity contribution in [2.75, 3.05) is 7.11 Å². The van der Waals surface area contributed by atoms with Gasteiger partial charge in [-0.05, 0) is 6.07 Å². The molecule has 0 aliphatic carbocycles. The molecule has 0 aliphatic rings. The fraction of sp³-hybridized carbons (Fsp3) is 0.222. The van der Waals surface area contributed by atoms with Crippen molar-refractivity contribution in [2.24, 2.45) is 0 Å². The van der Waals surface area contributed by atoms with Crippen LogP contribution >= 0.6 is 11.3 Å². The van der Waals surface area contributed by atoms with E-state index in [1.165, 1.54) is 18.6 Å². The fourth-order valence-corrected chi connectivity index (χ4v) is 2.17. The zero-order valence-corrected chi connectivity index (χ0v) is 9.24. The van der Waals surface area contributed by atoms with Crippen LogP contribution in [0.5, 0.6) is 5.75 Å². The quantitative estimate of drug-likeness (QED) is 0.849. The molecule has 0 atom stereocenters. The molecule has 0 saturated carbocycles. The van der Waals surface area contributed by atoms with Crippen molar-refractivity contribution in [2.45, 2.75) is 6.36 Å². The van der Waals surface area contributed by atoms with Gasteiger partial charge in [-0.1, -0.05) is 0 Å². The van der Waals surface area contributed by atoms with Gasteiger partial charge in [-0.3, -0.25) is 0 Å². The monoisotopic (exact) mass is 265 g/mol. The van der Waals surface area contributed by atoms with Crippen molar-refractivity contribution < 1.29 is 27.4 Å². The summed E-state index contributed by atoms with van der Waals surface area (Å²) < 4.78 is 44.4. The van der Waals surface area contributed by atoms with Crippen LogP contribution in [0.3, 0.4) is 0 Å². The van der Waals surface area contributed by atoms with E-state index < -0.39 is 12.3 Å². The number of esters is 1. The number of H-pyrrole nitrogens is 1.